The molecule has 0 radical (unpaired) electrons. The molecule has 0 saturated carbocycles. The van der Waals surface area contributed by atoms with Gasteiger partial charge < -0.3 is 15.5 Å². The van der Waals surface area contributed by atoms with Gasteiger partial charge in [-0.25, -0.2) is 0 Å². The Morgan fingerprint density at radius 2 is 2.17 bits per heavy atom. The first-order chi connectivity index (χ1) is 8.65. The second kappa shape index (κ2) is 5.76. The maximum Gasteiger partial charge on any atom is 0.295 e. The predicted octanol–water partition coefficient (Wildman–Crippen LogP) is 3.65. The van der Waals surface area contributed by atoms with Crippen molar-refractivity contribution in [2.75, 3.05) is 17.6 Å². The largest absolute Gasteiger partial charge is 0.423 e. The Kier molecular flexibility index (Phi) is 4.07. The molecule has 0 unspecified atom stereocenters. The third-order valence-electron chi connectivity index (χ3n) is 2.90. The van der Waals surface area contributed by atoms with E-state index >= 15 is 0 Å². The molecule has 0 spiro atoms. The zero-order valence-electron chi connectivity index (χ0n) is 11.1. The molecule has 18 heavy (non-hydrogen) atoms. The first-order valence-electron chi connectivity index (χ1n) is 6.55. The van der Waals surface area contributed by atoms with Crippen LogP contribution in [0.2, 0.25) is 0 Å². The predicted molar refractivity (Wildman–Crippen MR) is 75.6 cm³/mol. The van der Waals surface area contributed by atoms with E-state index in [0.29, 0.717) is 11.7 Å². The van der Waals surface area contributed by atoms with Gasteiger partial charge in [0.25, 0.3) is 6.01 Å². The zero-order chi connectivity index (χ0) is 13.0. The first-order valence-corrected chi connectivity index (χ1v) is 6.55. The van der Waals surface area contributed by atoms with Gasteiger partial charge in [0.2, 0.25) is 0 Å². The molecule has 4 nitrogen and oxygen atoms in total. The lowest BCUT2D eigenvalue weighted by molar-refractivity contribution is 0.541. The molecule has 3 N–H and O–H groups in total. The molecule has 0 bridgehead atoms. The second-order valence-corrected chi connectivity index (χ2v) is 5.06. The van der Waals surface area contributed by atoms with E-state index in [-0.39, 0.29) is 0 Å². The summed E-state index contributed by atoms with van der Waals surface area (Å²) in [5.74, 6) is 0.775. The third-order valence-corrected chi connectivity index (χ3v) is 2.90. The summed E-state index contributed by atoms with van der Waals surface area (Å²) in [6, 6.07) is 6.09. The topological polar surface area (TPSA) is 64.1 Å². The molecule has 0 amide bonds. The van der Waals surface area contributed by atoms with E-state index in [1.54, 1.807) is 6.07 Å². The number of nitrogens with zero attached hydrogens (tertiary/aromatic N) is 1. The molecule has 0 aliphatic heterocycles. The number of unbranched alkanes of at least 4 members (excludes halogenated alkanes) is 1. The van der Waals surface area contributed by atoms with Crippen LogP contribution in [0.4, 0.5) is 11.7 Å². The van der Waals surface area contributed by atoms with Crippen LogP contribution in [0.25, 0.3) is 11.1 Å². The van der Waals surface area contributed by atoms with Crippen LogP contribution in [0.1, 0.15) is 33.1 Å². The van der Waals surface area contributed by atoms with Crippen LogP contribution in [0.15, 0.2) is 22.6 Å². The number of nitrogen functional groups attached to an aromatic ring is 1. The number of aromatic nitrogens is 1. The SMILES string of the molecule is CC(C)CCCCNc1nc2ccc(N)cc2o1. The summed E-state index contributed by atoms with van der Waals surface area (Å²) in [5, 5.41) is 3.21. The zero-order valence-corrected chi connectivity index (χ0v) is 11.1. The van der Waals surface area contributed by atoms with E-state index in [1.807, 2.05) is 12.1 Å². The highest BCUT2D eigenvalue weighted by atomic mass is 16.4. The van der Waals surface area contributed by atoms with Crippen molar-refractivity contribution in [1.82, 2.24) is 4.98 Å². The van der Waals surface area contributed by atoms with Gasteiger partial charge in [0.1, 0.15) is 5.52 Å². The first kappa shape index (κ1) is 12.7. The van der Waals surface area contributed by atoms with Gasteiger partial charge in [-0.2, -0.15) is 4.98 Å². The summed E-state index contributed by atoms with van der Waals surface area (Å²) >= 11 is 0. The van der Waals surface area contributed by atoms with Crippen molar-refractivity contribution in [3.05, 3.63) is 18.2 Å². The highest BCUT2D eigenvalue weighted by Gasteiger charge is 2.04. The van der Waals surface area contributed by atoms with Crippen LogP contribution >= 0.6 is 0 Å². The Morgan fingerprint density at radius 3 is 2.94 bits per heavy atom. The van der Waals surface area contributed by atoms with Crippen molar-refractivity contribution < 1.29 is 4.42 Å². The Bertz CT molecular complexity index is 505. The van der Waals surface area contributed by atoms with Crippen LogP contribution in [-0.4, -0.2) is 11.5 Å². The minimum absolute atomic E-state index is 0.583. The fourth-order valence-electron chi connectivity index (χ4n) is 1.89. The van der Waals surface area contributed by atoms with Crippen LogP contribution in [-0.2, 0) is 0 Å². The van der Waals surface area contributed by atoms with Crippen LogP contribution in [0.5, 0.6) is 0 Å². The van der Waals surface area contributed by atoms with Crippen molar-refractivity contribution >= 4 is 22.8 Å². The monoisotopic (exact) mass is 247 g/mol. The number of benzene rings is 1. The summed E-state index contributed by atoms with van der Waals surface area (Å²) in [6.07, 6.45) is 3.64. The van der Waals surface area contributed by atoms with E-state index in [1.165, 1.54) is 12.8 Å². The number of fused-ring (bicyclic) bond motifs is 1. The van der Waals surface area contributed by atoms with E-state index in [9.17, 15) is 0 Å². The maximum atomic E-state index is 5.69. The fourth-order valence-corrected chi connectivity index (χ4v) is 1.89. The van der Waals surface area contributed by atoms with E-state index in [2.05, 4.69) is 24.1 Å². The van der Waals surface area contributed by atoms with Crippen molar-refractivity contribution in [2.24, 2.45) is 5.92 Å². The number of oxazole rings is 1. The van der Waals surface area contributed by atoms with Crippen molar-refractivity contribution in [3.8, 4) is 0 Å². The minimum Gasteiger partial charge on any atom is -0.423 e. The Balaban J connectivity index is 1.84. The number of nitrogens with two attached hydrogens (primary N) is 1. The van der Waals surface area contributed by atoms with Gasteiger partial charge in [-0.3, -0.25) is 0 Å². The minimum atomic E-state index is 0.583. The Morgan fingerprint density at radius 1 is 1.33 bits per heavy atom. The van der Waals surface area contributed by atoms with E-state index in [0.717, 1.165) is 30.0 Å². The number of nitrogens with one attached hydrogen (secondary N) is 1. The lowest BCUT2D eigenvalue weighted by Gasteiger charge is -2.04. The average Bonchev–Trinajstić information content (AvgIpc) is 2.70. The van der Waals surface area contributed by atoms with Gasteiger partial charge in [0.05, 0.1) is 0 Å². The molecule has 0 saturated heterocycles. The highest BCUT2D eigenvalue weighted by Crippen LogP contribution is 2.21. The molecule has 1 heterocycles. The standard InChI is InChI=1S/C14H21N3O/c1-10(2)5-3-4-8-16-14-17-12-7-6-11(15)9-13(12)18-14/h6-7,9-10H,3-5,8,15H2,1-2H3,(H,16,17). The number of hydrogen-bond acceptors (Lipinski definition) is 4. The van der Waals surface area contributed by atoms with Crippen molar-refractivity contribution in [3.63, 3.8) is 0 Å². The summed E-state index contributed by atoms with van der Waals surface area (Å²) in [7, 11) is 0. The van der Waals surface area contributed by atoms with Crippen LogP contribution in [0, 0.1) is 5.92 Å². The normalized spacial score (nSPS) is 11.3. The smallest absolute Gasteiger partial charge is 0.295 e. The molecule has 0 aliphatic carbocycles. The Hall–Kier alpha value is -1.71. The molecule has 0 aliphatic rings. The average molecular weight is 247 g/mol. The van der Waals surface area contributed by atoms with Crippen molar-refractivity contribution in [1.29, 1.82) is 0 Å². The summed E-state index contributed by atoms with van der Waals surface area (Å²) < 4.78 is 5.57. The summed E-state index contributed by atoms with van der Waals surface area (Å²) in [4.78, 5) is 4.35. The lowest BCUT2D eigenvalue weighted by atomic mass is 10.1. The molecule has 2 aromatic rings. The molecular formula is C14H21N3O. The van der Waals surface area contributed by atoms with Gasteiger partial charge in [0, 0.05) is 18.3 Å². The van der Waals surface area contributed by atoms with Gasteiger partial charge in [-0.15, -0.1) is 0 Å². The molecule has 0 fully saturated rings. The van der Waals surface area contributed by atoms with E-state index in [4.69, 9.17) is 10.2 Å². The quantitative estimate of drug-likeness (QED) is 0.604. The summed E-state index contributed by atoms with van der Waals surface area (Å²) in [6.45, 7) is 5.40. The maximum absolute atomic E-state index is 5.69. The summed E-state index contributed by atoms with van der Waals surface area (Å²) in [5.41, 5.74) is 7.97. The molecular weight excluding hydrogens is 226 g/mol. The van der Waals surface area contributed by atoms with Gasteiger partial charge >= 0.3 is 0 Å². The number of rotatable bonds is 6. The number of hydrogen-bond donors (Lipinski definition) is 2. The van der Waals surface area contributed by atoms with E-state index < -0.39 is 0 Å². The molecule has 0 atom stereocenters. The highest BCUT2D eigenvalue weighted by molar-refractivity contribution is 5.77. The van der Waals surface area contributed by atoms with Crippen molar-refractivity contribution in [2.45, 2.75) is 33.1 Å². The fraction of sp³-hybridized carbons (Fsp3) is 0.500. The Labute approximate surface area is 108 Å². The molecule has 4 heteroatoms. The molecule has 98 valence electrons. The van der Waals surface area contributed by atoms with Gasteiger partial charge in [-0.1, -0.05) is 26.7 Å². The third kappa shape index (κ3) is 3.39. The molecule has 2 rings (SSSR count). The van der Waals surface area contributed by atoms with Crippen LogP contribution in [0.3, 0.4) is 0 Å². The second-order valence-electron chi connectivity index (χ2n) is 5.06. The van der Waals surface area contributed by atoms with Crippen LogP contribution < -0.4 is 11.1 Å². The molecule has 1 aromatic carbocycles. The number of anilines is 2. The van der Waals surface area contributed by atoms with Gasteiger partial charge in [0.15, 0.2) is 5.58 Å². The van der Waals surface area contributed by atoms with Gasteiger partial charge in [-0.05, 0) is 24.5 Å². The lowest BCUT2D eigenvalue weighted by Crippen LogP contribution is -2.02. The molecule has 1 aromatic heterocycles.